The highest BCUT2D eigenvalue weighted by Gasteiger charge is 2.19. The Bertz CT molecular complexity index is 387. The highest BCUT2D eigenvalue weighted by atomic mass is 16.5. The number of nitrogens with two attached hydrogens (primary N) is 1. The fourth-order valence-corrected chi connectivity index (χ4v) is 1.59. The van der Waals surface area contributed by atoms with Crippen LogP contribution in [0.2, 0.25) is 0 Å². The number of benzene rings is 1. The van der Waals surface area contributed by atoms with E-state index in [1.54, 1.807) is 7.11 Å². The fourth-order valence-electron chi connectivity index (χ4n) is 1.59. The van der Waals surface area contributed by atoms with Gasteiger partial charge in [-0.05, 0) is 30.5 Å². The van der Waals surface area contributed by atoms with E-state index in [1.165, 1.54) is 0 Å². The highest BCUT2D eigenvalue weighted by Crippen LogP contribution is 2.17. The lowest BCUT2D eigenvalue weighted by Gasteiger charge is -2.20. The van der Waals surface area contributed by atoms with E-state index in [2.05, 4.69) is 5.32 Å². The molecule has 0 aromatic heterocycles. The first-order valence-corrected chi connectivity index (χ1v) is 6.15. The maximum absolute atomic E-state index is 11.8. The second-order valence-corrected chi connectivity index (χ2v) is 4.77. The maximum Gasteiger partial charge on any atom is 0.237 e. The van der Waals surface area contributed by atoms with Gasteiger partial charge >= 0.3 is 0 Å². The lowest BCUT2D eigenvalue weighted by molar-refractivity contribution is -0.123. The molecule has 0 saturated heterocycles. The first-order valence-electron chi connectivity index (χ1n) is 6.15. The Morgan fingerprint density at radius 1 is 1.22 bits per heavy atom. The van der Waals surface area contributed by atoms with Crippen molar-refractivity contribution in [1.29, 1.82) is 0 Å². The van der Waals surface area contributed by atoms with Crippen molar-refractivity contribution >= 4 is 5.91 Å². The number of carbonyl (C=O) groups excluding carboxylic acids is 1. The fraction of sp³-hybridized carbons (Fsp3) is 0.500. The first-order chi connectivity index (χ1) is 8.45. The van der Waals surface area contributed by atoms with E-state index in [0.29, 0.717) is 0 Å². The van der Waals surface area contributed by atoms with Gasteiger partial charge in [0.05, 0.1) is 19.2 Å². The quantitative estimate of drug-likeness (QED) is 0.838. The number of carbonyl (C=O) groups is 1. The summed E-state index contributed by atoms with van der Waals surface area (Å²) in [6, 6.07) is 7.09. The molecule has 100 valence electrons. The summed E-state index contributed by atoms with van der Waals surface area (Å²) in [5, 5.41) is 2.91. The number of nitrogens with one attached hydrogen (secondary N) is 1. The van der Waals surface area contributed by atoms with Crippen molar-refractivity contribution in [2.24, 2.45) is 11.7 Å². The van der Waals surface area contributed by atoms with Crippen molar-refractivity contribution in [3.63, 3.8) is 0 Å². The predicted molar refractivity (Wildman–Crippen MR) is 72.4 cm³/mol. The van der Waals surface area contributed by atoms with Gasteiger partial charge in [0.1, 0.15) is 5.75 Å². The molecule has 0 heterocycles. The summed E-state index contributed by atoms with van der Waals surface area (Å²) in [4.78, 5) is 11.8. The Labute approximate surface area is 109 Å². The van der Waals surface area contributed by atoms with Crippen LogP contribution < -0.4 is 15.8 Å². The van der Waals surface area contributed by atoms with Crippen molar-refractivity contribution in [2.75, 3.05) is 7.11 Å². The van der Waals surface area contributed by atoms with Gasteiger partial charge in [0.15, 0.2) is 0 Å². The molecule has 4 heteroatoms. The smallest absolute Gasteiger partial charge is 0.237 e. The van der Waals surface area contributed by atoms with Gasteiger partial charge in [-0.25, -0.2) is 0 Å². The van der Waals surface area contributed by atoms with Crippen LogP contribution in [-0.2, 0) is 4.79 Å². The summed E-state index contributed by atoms with van der Waals surface area (Å²) in [5.74, 6) is 0.817. The molecule has 1 aromatic rings. The van der Waals surface area contributed by atoms with Crippen LogP contribution in [0.1, 0.15) is 32.4 Å². The Morgan fingerprint density at radius 3 is 2.22 bits per heavy atom. The topological polar surface area (TPSA) is 64.3 Å². The molecule has 0 bridgehead atoms. The van der Waals surface area contributed by atoms with E-state index in [-0.39, 0.29) is 17.9 Å². The molecule has 0 radical (unpaired) electrons. The van der Waals surface area contributed by atoms with Crippen molar-refractivity contribution in [3.05, 3.63) is 29.8 Å². The van der Waals surface area contributed by atoms with Gasteiger partial charge in [-0.3, -0.25) is 4.79 Å². The number of methoxy groups -OCH3 is 1. The Hall–Kier alpha value is -1.55. The normalized spacial score (nSPS) is 14.1. The molecule has 18 heavy (non-hydrogen) atoms. The van der Waals surface area contributed by atoms with Crippen LogP contribution in [0, 0.1) is 5.92 Å². The van der Waals surface area contributed by atoms with Crippen LogP contribution in [0.15, 0.2) is 24.3 Å². The van der Waals surface area contributed by atoms with Crippen LogP contribution >= 0.6 is 0 Å². The molecule has 1 rings (SSSR count). The van der Waals surface area contributed by atoms with Gasteiger partial charge in [0.25, 0.3) is 0 Å². The largest absolute Gasteiger partial charge is 0.497 e. The summed E-state index contributed by atoms with van der Waals surface area (Å²) in [5.41, 5.74) is 6.83. The Kier molecular flexibility index (Phi) is 5.16. The third kappa shape index (κ3) is 3.74. The van der Waals surface area contributed by atoms with Crippen LogP contribution in [0.25, 0.3) is 0 Å². The molecule has 0 aliphatic carbocycles. The lowest BCUT2D eigenvalue weighted by Crippen LogP contribution is -2.44. The molecule has 1 amide bonds. The van der Waals surface area contributed by atoms with Crippen molar-refractivity contribution in [2.45, 2.75) is 32.9 Å². The number of ether oxygens (including phenoxy) is 1. The monoisotopic (exact) mass is 250 g/mol. The molecule has 3 N–H and O–H groups in total. The average molecular weight is 250 g/mol. The van der Waals surface area contributed by atoms with Crippen LogP contribution in [0.5, 0.6) is 5.75 Å². The van der Waals surface area contributed by atoms with Crippen LogP contribution in [0.3, 0.4) is 0 Å². The molecule has 0 fully saturated rings. The number of hydrogen-bond acceptors (Lipinski definition) is 3. The molecule has 1 aromatic carbocycles. The zero-order valence-corrected chi connectivity index (χ0v) is 11.4. The van der Waals surface area contributed by atoms with Crippen molar-refractivity contribution in [3.8, 4) is 5.75 Å². The van der Waals surface area contributed by atoms with E-state index in [1.807, 2.05) is 45.0 Å². The van der Waals surface area contributed by atoms with Gasteiger partial charge < -0.3 is 15.8 Å². The summed E-state index contributed by atoms with van der Waals surface area (Å²) in [6.45, 7) is 5.80. The van der Waals surface area contributed by atoms with Gasteiger partial charge in [0, 0.05) is 0 Å². The molecular formula is C14H22N2O2. The van der Waals surface area contributed by atoms with Gasteiger partial charge in [-0.1, -0.05) is 26.0 Å². The lowest BCUT2D eigenvalue weighted by atomic mass is 10.0. The second-order valence-electron chi connectivity index (χ2n) is 4.77. The highest BCUT2D eigenvalue weighted by molar-refractivity contribution is 5.82. The standard InChI is InChI=1S/C14H22N2O2/c1-9(2)13(15)14(17)16-10(3)11-5-7-12(18-4)8-6-11/h5-10,13H,15H2,1-4H3,(H,16,17)/t10-,13+/m1/s1. The van der Waals surface area contributed by atoms with E-state index in [9.17, 15) is 4.79 Å². The third-order valence-electron chi connectivity index (χ3n) is 3.00. The molecule has 0 aliphatic heterocycles. The van der Waals surface area contributed by atoms with E-state index in [0.717, 1.165) is 11.3 Å². The molecule has 4 nitrogen and oxygen atoms in total. The van der Waals surface area contributed by atoms with Gasteiger partial charge in [-0.15, -0.1) is 0 Å². The Balaban J connectivity index is 2.64. The van der Waals surface area contributed by atoms with Crippen LogP contribution in [0.4, 0.5) is 0 Å². The first kappa shape index (κ1) is 14.5. The minimum atomic E-state index is -0.467. The molecule has 0 saturated carbocycles. The molecular weight excluding hydrogens is 228 g/mol. The van der Waals surface area contributed by atoms with E-state index < -0.39 is 6.04 Å². The van der Waals surface area contributed by atoms with Gasteiger partial charge in [-0.2, -0.15) is 0 Å². The van der Waals surface area contributed by atoms with E-state index >= 15 is 0 Å². The van der Waals surface area contributed by atoms with Gasteiger partial charge in [0.2, 0.25) is 5.91 Å². The number of hydrogen-bond donors (Lipinski definition) is 2. The molecule has 2 atom stereocenters. The Morgan fingerprint density at radius 2 is 1.78 bits per heavy atom. The number of amides is 1. The zero-order chi connectivity index (χ0) is 13.7. The molecule has 0 unspecified atom stereocenters. The summed E-state index contributed by atoms with van der Waals surface area (Å²) in [7, 11) is 1.63. The minimum Gasteiger partial charge on any atom is -0.497 e. The average Bonchev–Trinajstić information content (AvgIpc) is 2.37. The SMILES string of the molecule is COc1ccc([C@@H](C)NC(=O)[C@@H](N)C(C)C)cc1. The van der Waals surface area contributed by atoms with Crippen molar-refractivity contribution in [1.82, 2.24) is 5.32 Å². The summed E-state index contributed by atoms with van der Waals surface area (Å²) < 4.78 is 5.09. The second kappa shape index (κ2) is 6.40. The minimum absolute atomic E-state index is 0.0618. The summed E-state index contributed by atoms with van der Waals surface area (Å²) in [6.07, 6.45) is 0. The molecule has 0 aliphatic rings. The van der Waals surface area contributed by atoms with Crippen LogP contribution in [-0.4, -0.2) is 19.1 Å². The summed E-state index contributed by atoms with van der Waals surface area (Å²) >= 11 is 0. The third-order valence-corrected chi connectivity index (χ3v) is 3.00. The zero-order valence-electron chi connectivity index (χ0n) is 11.4. The van der Waals surface area contributed by atoms with Crippen molar-refractivity contribution < 1.29 is 9.53 Å². The van der Waals surface area contributed by atoms with E-state index in [4.69, 9.17) is 10.5 Å². The molecule has 0 spiro atoms. The number of rotatable bonds is 5. The maximum atomic E-state index is 11.8. The predicted octanol–water partition coefficient (Wildman–Crippen LogP) is 1.86.